The lowest BCUT2D eigenvalue weighted by molar-refractivity contribution is -0.140. The van der Waals surface area contributed by atoms with Crippen molar-refractivity contribution in [2.45, 2.75) is 25.2 Å². The van der Waals surface area contributed by atoms with Crippen molar-refractivity contribution in [2.24, 2.45) is 5.92 Å². The van der Waals surface area contributed by atoms with E-state index in [1.54, 1.807) is 11.3 Å². The van der Waals surface area contributed by atoms with Gasteiger partial charge >= 0.3 is 5.97 Å². The number of nitrogens with zero attached hydrogens (tertiary/aromatic N) is 3. The molecule has 1 aliphatic heterocycles. The fourth-order valence-electron chi connectivity index (χ4n) is 3.68. The molecule has 5 nitrogen and oxygen atoms in total. The van der Waals surface area contributed by atoms with Crippen molar-refractivity contribution < 1.29 is 9.90 Å². The third-order valence-electron chi connectivity index (χ3n) is 5.30. The van der Waals surface area contributed by atoms with Crippen LogP contribution in [0.5, 0.6) is 0 Å². The van der Waals surface area contributed by atoms with Gasteiger partial charge in [-0.05, 0) is 24.8 Å². The fourth-order valence-corrected chi connectivity index (χ4v) is 4.63. The van der Waals surface area contributed by atoms with Gasteiger partial charge in [0, 0.05) is 30.0 Å². The van der Waals surface area contributed by atoms with Gasteiger partial charge in [-0.15, -0.1) is 11.3 Å². The molecular weight excluding hydrogens is 346 g/mol. The van der Waals surface area contributed by atoms with Crippen LogP contribution in [-0.2, 0) is 4.79 Å². The number of carboxylic acids is 1. The summed E-state index contributed by atoms with van der Waals surface area (Å²) in [5, 5.41) is 12.6. The SMILES string of the molecule is O=C(O)C1CCN(c2nc(C3CC3)nc3scc(-c4ccccc4)c23)C1. The van der Waals surface area contributed by atoms with E-state index in [-0.39, 0.29) is 5.92 Å². The molecule has 1 unspecified atom stereocenters. The molecule has 1 saturated carbocycles. The first kappa shape index (κ1) is 15.8. The van der Waals surface area contributed by atoms with Gasteiger partial charge in [0.15, 0.2) is 0 Å². The minimum atomic E-state index is -0.714. The number of benzene rings is 1. The van der Waals surface area contributed by atoms with Crippen LogP contribution >= 0.6 is 11.3 Å². The Morgan fingerprint density at radius 2 is 1.96 bits per heavy atom. The van der Waals surface area contributed by atoms with Crippen molar-refractivity contribution >= 4 is 33.3 Å². The Bertz CT molecular complexity index is 981. The summed E-state index contributed by atoms with van der Waals surface area (Å²) in [7, 11) is 0. The zero-order chi connectivity index (χ0) is 17.7. The van der Waals surface area contributed by atoms with Crippen LogP contribution in [-0.4, -0.2) is 34.1 Å². The summed E-state index contributed by atoms with van der Waals surface area (Å²) >= 11 is 1.65. The molecule has 1 N–H and O–H groups in total. The lowest BCUT2D eigenvalue weighted by Crippen LogP contribution is -2.24. The van der Waals surface area contributed by atoms with Crippen LogP contribution in [0, 0.1) is 5.92 Å². The van der Waals surface area contributed by atoms with Crippen LogP contribution in [0.4, 0.5) is 5.82 Å². The monoisotopic (exact) mass is 365 g/mol. The Balaban J connectivity index is 1.66. The number of carbonyl (C=O) groups is 1. The quantitative estimate of drug-likeness (QED) is 0.752. The zero-order valence-electron chi connectivity index (χ0n) is 14.3. The van der Waals surface area contributed by atoms with Crippen LogP contribution in [0.2, 0.25) is 0 Å². The zero-order valence-corrected chi connectivity index (χ0v) is 15.1. The summed E-state index contributed by atoms with van der Waals surface area (Å²) in [6, 6.07) is 10.3. The molecule has 2 fully saturated rings. The maximum Gasteiger partial charge on any atom is 0.308 e. The van der Waals surface area contributed by atoms with Gasteiger partial charge in [0.05, 0.1) is 11.3 Å². The molecule has 5 rings (SSSR count). The third-order valence-corrected chi connectivity index (χ3v) is 6.17. The number of thiophene rings is 1. The van der Waals surface area contributed by atoms with E-state index in [1.807, 2.05) is 18.2 Å². The summed E-state index contributed by atoms with van der Waals surface area (Å²) in [6.07, 6.45) is 2.98. The Kier molecular flexibility index (Phi) is 3.67. The highest BCUT2D eigenvalue weighted by atomic mass is 32.1. The van der Waals surface area contributed by atoms with Crippen LogP contribution in [0.3, 0.4) is 0 Å². The van der Waals surface area contributed by atoms with Gasteiger partial charge < -0.3 is 10.0 Å². The van der Waals surface area contributed by atoms with Crippen molar-refractivity contribution in [1.29, 1.82) is 0 Å². The maximum absolute atomic E-state index is 11.4. The Morgan fingerprint density at radius 3 is 2.65 bits per heavy atom. The standard InChI is InChI=1S/C20H19N3O2S/c24-20(25)14-8-9-23(10-14)18-16-15(12-4-2-1-3-5-12)11-26-19(16)22-17(21-18)13-6-7-13/h1-5,11,13-14H,6-10H2,(H,24,25). The molecule has 1 saturated heterocycles. The Hall–Kier alpha value is -2.47. The third kappa shape index (κ3) is 2.65. The van der Waals surface area contributed by atoms with Gasteiger partial charge in [-0.2, -0.15) is 0 Å². The van der Waals surface area contributed by atoms with E-state index in [4.69, 9.17) is 9.97 Å². The van der Waals surface area contributed by atoms with E-state index in [1.165, 1.54) is 0 Å². The fraction of sp³-hybridized carbons (Fsp3) is 0.350. The first-order valence-electron chi connectivity index (χ1n) is 9.03. The molecule has 0 radical (unpaired) electrons. The molecule has 2 aromatic heterocycles. The van der Waals surface area contributed by atoms with Gasteiger partial charge in [-0.3, -0.25) is 4.79 Å². The van der Waals surface area contributed by atoms with E-state index in [2.05, 4.69) is 22.4 Å². The van der Waals surface area contributed by atoms with E-state index < -0.39 is 5.97 Å². The summed E-state index contributed by atoms with van der Waals surface area (Å²) in [6.45, 7) is 1.26. The molecule has 0 spiro atoms. The largest absolute Gasteiger partial charge is 0.481 e. The second-order valence-electron chi connectivity index (χ2n) is 7.15. The molecular formula is C20H19N3O2S. The summed E-state index contributed by atoms with van der Waals surface area (Å²) in [4.78, 5) is 24.3. The molecule has 2 aliphatic rings. The van der Waals surface area contributed by atoms with E-state index in [9.17, 15) is 9.90 Å². The lowest BCUT2D eigenvalue weighted by Gasteiger charge is -2.19. The van der Waals surface area contributed by atoms with Gasteiger partial charge in [-0.1, -0.05) is 30.3 Å². The number of fused-ring (bicyclic) bond motifs is 1. The highest BCUT2D eigenvalue weighted by Crippen LogP contribution is 2.44. The average molecular weight is 365 g/mol. The number of anilines is 1. The molecule has 26 heavy (non-hydrogen) atoms. The van der Waals surface area contributed by atoms with Crippen molar-refractivity contribution in [2.75, 3.05) is 18.0 Å². The topological polar surface area (TPSA) is 66.3 Å². The molecule has 1 atom stereocenters. The van der Waals surface area contributed by atoms with Crippen molar-refractivity contribution in [3.05, 3.63) is 41.5 Å². The van der Waals surface area contributed by atoms with Gasteiger partial charge in [-0.25, -0.2) is 9.97 Å². The normalized spacial score (nSPS) is 20.0. The number of rotatable bonds is 4. The molecule has 6 heteroatoms. The van der Waals surface area contributed by atoms with E-state index >= 15 is 0 Å². The summed E-state index contributed by atoms with van der Waals surface area (Å²) in [5.41, 5.74) is 2.29. The van der Waals surface area contributed by atoms with Crippen LogP contribution in [0.1, 0.15) is 31.0 Å². The molecule has 3 heterocycles. The van der Waals surface area contributed by atoms with Crippen LogP contribution in [0.15, 0.2) is 35.7 Å². The Morgan fingerprint density at radius 1 is 1.15 bits per heavy atom. The average Bonchev–Trinajstić information content (AvgIpc) is 3.23. The van der Waals surface area contributed by atoms with Gasteiger partial charge in [0.2, 0.25) is 0 Å². The van der Waals surface area contributed by atoms with E-state index in [0.29, 0.717) is 18.9 Å². The first-order valence-corrected chi connectivity index (χ1v) is 9.91. The number of hydrogen-bond donors (Lipinski definition) is 1. The summed E-state index contributed by atoms with van der Waals surface area (Å²) < 4.78 is 0. The van der Waals surface area contributed by atoms with Crippen molar-refractivity contribution in [3.63, 3.8) is 0 Å². The number of hydrogen-bond acceptors (Lipinski definition) is 5. The Labute approximate surface area is 155 Å². The predicted molar refractivity (Wildman–Crippen MR) is 103 cm³/mol. The van der Waals surface area contributed by atoms with Crippen LogP contribution < -0.4 is 4.90 Å². The minimum Gasteiger partial charge on any atom is -0.481 e. The highest BCUT2D eigenvalue weighted by molar-refractivity contribution is 7.17. The minimum absolute atomic E-state index is 0.316. The lowest BCUT2D eigenvalue weighted by atomic mass is 10.1. The number of aromatic nitrogens is 2. The molecule has 0 bridgehead atoms. The molecule has 1 aliphatic carbocycles. The second-order valence-corrected chi connectivity index (χ2v) is 8.00. The maximum atomic E-state index is 11.4. The molecule has 1 aromatic carbocycles. The van der Waals surface area contributed by atoms with E-state index in [0.717, 1.165) is 52.4 Å². The number of carboxylic acid groups (broad SMARTS) is 1. The smallest absolute Gasteiger partial charge is 0.308 e. The first-order chi connectivity index (χ1) is 12.7. The second kappa shape index (κ2) is 6.06. The molecule has 3 aromatic rings. The highest BCUT2D eigenvalue weighted by Gasteiger charge is 2.33. The molecule has 0 amide bonds. The predicted octanol–water partition coefficient (Wildman–Crippen LogP) is 4.15. The van der Waals surface area contributed by atoms with Crippen molar-refractivity contribution in [1.82, 2.24) is 9.97 Å². The summed E-state index contributed by atoms with van der Waals surface area (Å²) in [5.74, 6) is 1.28. The van der Waals surface area contributed by atoms with Crippen molar-refractivity contribution in [3.8, 4) is 11.1 Å². The van der Waals surface area contributed by atoms with Gasteiger partial charge in [0.1, 0.15) is 16.5 Å². The van der Waals surface area contributed by atoms with Gasteiger partial charge in [0.25, 0.3) is 0 Å². The number of aliphatic carboxylic acids is 1. The van der Waals surface area contributed by atoms with Crippen LogP contribution in [0.25, 0.3) is 21.3 Å². The molecule has 132 valence electrons.